The molecule has 39 heavy (non-hydrogen) atoms. The Morgan fingerprint density at radius 1 is 1.15 bits per heavy atom. The summed E-state index contributed by atoms with van der Waals surface area (Å²) in [6.07, 6.45) is 6.48. The van der Waals surface area contributed by atoms with Crippen LogP contribution < -0.4 is 10.5 Å². The molecule has 208 valence electrons. The minimum absolute atomic E-state index is 0.0565. The Labute approximate surface area is 240 Å². The zero-order valence-corrected chi connectivity index (χ0v) is 23.9. The molecule has 2 fully saturated rings. The molecule has 8 nitrogen and oxygen atoms in total. The minimum atomic E-state index is -0.318. The summed E-state index contributed by atoms with van der Waals surface area (Å²) < 4.78 is 11.1. The first-order valence-electron chi connectivity index (χ1n) is 12.9. The molecule has 2 saturated heterocycles. The van der Waals surface area contributed by atoms with Gasteiger partial charge in [0.15, 0.2) is 5.88 Å². The van der Waals surface area contributed by atoms with Gasteiger partial charge in [0.1, 0.15) is 5.82 Å². The summed E-state index contributed by atoms with van der Waals surface area (Å²) in [6, 6.07) is 11.4. The number of allylic oxidation sites excluding steroid dienone is 2. The molecule has 1 aromatic carbocycles. The maximum atomic E-state index is 13.8. The van der Waals surface area contributed by atoms with Crippen LogP contribution in [0.4, 0.5) is 0 Å². The Hall–Kier alpha value is -3.23. The maximum Gasteiger partial charge on any atom is 0.225 e. The highest BCUT2D eigenvalue weighted by Crippen LogP contribution is 2.44. The molecule has 2 N–H and O–H groups in total. The minimum Gasteiger partial charge on any atom is -0.483 e. The average Bonchev–Trinajstić information content (AvgIpc) is 3.30. The van der Waals surface area contributed by atoms with E-state index < -0.39 is 0 Å². The Bertz CT molecular complexity index is 1210. The molecule has 1 aromatic heterocycles. The lowest BCUT2D eigenvalue weighted by atomic mass is 9.77. The number of carbonyl (C=O) groups is 1. The van der Waals surface area contributed by atoms with E-state index in [0.29, 0.717) is 60.4 Å². The highest BCUT2D eigenvalue weighted by atomic mass is 35.5. The lowest BCUT2D eigenvalue weighted by Crippen LogP contribution is -2.42. The second-order valence-corrected chi connectivity index (χ2v) is 11.2. The number of likely N-dealkylation sites (tertiary alicyclic amines) is 2. The van der Waals surface area contributed by atoms with Gasteiger partial charge in [-0.2, -0.15) is 0 Å². The SMILES string of the molecule is C=N/C(=C\C=C(/N)OC)N1CCC(C(=O)N2C[C@H](c3ccc(Cl)cc3)[C@@](C)(COc3ccc(Cl)cn3)C2)CC1. The van der Waals surface area contributed by atoms with Crippen molar-refractivity contribution in [3.8, 4) is 5.88 Å². The second kappa shape index (κ2) is 12.7. The lowest BCUT2D eigenvalue weighted by molar-refractivity contribution is -0.136. The first-order valence-corrected chi connectivity index (χ1v) is 13.7. The van der Waals surface area contributed by atoms with Crippen LogP contribution >= 0.6 is 23.2 Å². The molecule has 3 heterocycles. The summed E-state index contributed by atoms with van der Waals surface area (Å²) in [7, 11) is 1.51. The number of nitrogens with two attached hydrogens (primary N) is 1. The predicted molar refractivity (Wildman–Crippen MR) is 155 cm³/mol. The number of pyridine rings is 1. The van der Waals surface area contributed by atoms with E-state index in [1.807, 2.05) is 29.2 Å². The summed E-state index contributed by atoms with van der Waals surface area (Å²) in [5.74, 6) is 1.73. The molecule has 10 heteroatoms. The van der Waals surface area contributed by atoms with E-state index in [0.717, 1.165) is 18.4 Å². The third-order valence-corrected chi connectivity index (χ3v) is 8.07. The number of halogens is 2. The lowest BCUT2D eigenvalue weighted by Gasteiger charge is -2.34. The van der Waals surface area contributed by atoms with E-state index in [4.69, 9.17) is 38.4 Å². The number of ether oxygens (including phenoxy) is 2. The Morgan fingerprint density at radius 3 is 2.46 bits per heavy atom. The standard InChI is InChI=1S/C29H35Cl2N5O3/c1-29(19-39-27-11-8-23(31)16-34-27)18-36(17-24(29)20-4-6-22(30)7-5-20)28(37)21-12-14-35(15-13-21)26(33-2)10-9-25(32)38-3/h4-11,16,21,24H,2,12-15,17-19,32H2,1,3H3/b25-9+,26-10+/t24-,29-/m1/s1. The number of benzene rings is 1. The van der Waals surface area contributed by atoms with Crippen LogP contribution in [0.2, 0.25) is 10.0 Å². The largest absolute Gasteiger partial charge is 0.483 e. The number of rotatable bonds is 9. The number of piperidine rings is 1. The van der Waals surface area contributed by atoms with E-state index in [2.05, 4.69) is 28.5 Å². The number of methoxy groups -OCH3 is 1. The van der Waals surface area contributed by atoms with Gasteiger partial charge in [0.25, 0.3) is 0 Å². The van der Waals surface area contributed by atoms with Crippen LogP contribution in [-0.4, -0.2) is 67.3 Å². The number of aromatic nitrogens is 1. The maximum absolute atomic E-state index is 13.8. The number of amides is 1. The first kappa shape index (κ1) is 28.8. The summed E-state index contributed by atoms with van der Waals surface area (Å²) in [6.45, 7) is 8.89. The Morgan fingerprint density at radius 2 is 1.85 bits per heavy atom. The molecule has 0 bridgehead atoms. The van der Waals surface area contributed by atoms with Crippen LogP contribution in [0.15, 0.2) is 71.4 Å². The zero-order chi connectivity index (χ0) is 28.0. The third-order valence-electron chi connectivity index (χ3n) is 7.59. The average molecular weight is 573 g/mol. The molecule has 2 aromatic rings. The molecule has 2 aliphatic rings. The molecule has 2 atom stereocenters. The summed E-state index contributed by atoms with van der Waals surface area (Å²) in [5.41, 5.74) is 6.54. The van der Waals surface area contributed by atoms with Gasteiger partial charge in [-0.15, -0.1) is 0 Å². The van der Waals surface area contributed by atoms with Gasteiger partial charge in [-0.25, -0.2) is 9.98 Å². The third kappa shape index (κ3) is 7.05. The highest BCUT2D eigenvalue weighted by Gasteiger charge is 2.47. The van der Waals surface area contributed by atoms with Crippen LogP contribution in [0.1, 0.15) is 31.2 Å². The predicted octanol–water partition coefficient (Wildman–Crippen LogP) is 5.10. The number of nitrogens with zero attached hydrogens (tertiary/aromatic N) is 4. The van der Waals surface area contributed by atoms with Gasteiger partial charge in [-0.1, -0.05) is 42.3 Å². The molecular weight excluding hydrogens is 537 g/mol. The van der Waals surface area contributed by atoms with E-state index in [1.54, 1.807) is 30.5 Å². The fourth-order valence-electron chi connectivity index (χ4n) is 5.35. The molecule has 0 aliphatic carbocycles. The van der Waals surface area contributed by atoms with Crippen LogP contribution in [0.5, 0.6) is 5.88 Å². The van der Waals surface area contributed by atoms with Crippen molar-refractivity contribution in [2.45, 2.75) is 25.7 Å². The van der Waals surface area contributed by atoms with Gasteiger partial charge >= 0.3 is 0 Å². The van der Waals surface area contributed by atoms with Crippen LogP contribution in [0, 0.1) is 11.3 Å². The van der Waals surface area contributed by atoms with Crippen molar-refractivity contribution >= 4 is 35.8 Å². The quantitative estimate of drug-likeness (QED) is 0.255. The van der Waals surface area contributed by atoms with E-state index in [-0.39, 0.29) is 23.2 Å². The van der Waals surface area contributed by atoms with Gasteiger partial charge in [-0.3, -0.25) is 4.79 Å². The Kier molecular flexibility index (Phi) is 9.40. The van der Waals surface area contributed by atoms with Crippen LogP contribution in [0.25, 0.3) is 0 Å². The van der Waals surface area contributed by atoms with Crippen molar-refractivity contribution < 1.29 is 14.3 Å². The summed E-state index contributed by atoms with van der Waals surface area (Å²) in [4.78, 5) is 26.3. The van der Waals surface area contributed by atoms with Gasteiger partial charge in [0.05, 0.1) is 18.7 Å². The fourth-order valence-corrected chi connectivity index (χ4v) is 5.59. The second-order valence-electron chi connectivity index (χ2n) is 10.3. The molecule has 1 amide bonds. The van der Waals surface area contributed by atoms with Crippen molar-refractivity contribution in [2.24, 2.45) is 22.1 Å². The highest BCUT2D eigenvalue weighted by molar-refractivity contribution is 6.30. The normalized spacial score (nSPS) is 22.6. The van der Waals surface area contributed by atoms with E-state index in [1.165, 1.54) is 7.11 Å². The van der Waals surface area contributed by atoms with Crippen molar-refractivity contribution in [2.75, 3.05) is 39.9 Å². The van der Waals surface area contributed by atoms with Gasteiger partial charge in [0, 0.05) is 66.8 Å². The van der Waals surface area contributed by atoms with E-state index in [9.17, 15) is 4.79 Å². The number of aliphatic imine (C=N–C) groups is 1. The summed E-state index contributed by atoms with van der Waals surface area (Å²) in [5, 5.41) is 1.24. The van der Waals surface area contributed by atoms with Crippen LogP contribution in [-0.2, 0) is 9.53 Å². The monoisotopic (exact) mass is 571 g/mol. The topological polar surface area (TPSA) is 93.3 Å². The van der Waals surface area contributed by atoms with Gasteiger partial charge < -0.3 is 25.0 Å². The molecule has 2 aliphatic heterocycles. The van der Waals surface area contributed by atoms with Crippen molar-refractivity contribution in [3.05, 3.63) is 82.1 Å². The van der Waals surface area contributed by atoms with E-state index >= 15 is 0 Å². The van der Waals surface area contributed by atoms with Crippen molar-refractivity contribution in [3.63, 3.8) is 0 Å². The zero-order valence-electron chi connectivity index (χ0n) is 22.4. The Balaban J connectivity index is 1.45. The van der Waals surface area contributed by atoms with Gasteiger partial charge in [-0.05, 0) is 49.4 Å². The molecule has 0 radical (unpaired) electrons. The molecule has 0 saturated carbocycles. The van der Waals surface area contributed by atoms with Crippen LogP contribution in [0.3, 0.4) is 0 Å². The molecule has 0 spiro atoms. The molecule has 0 unspecified atom stereocenters. The number of hydrogen-bond donors (Lipinski definition) is 1. The summed E-state index contributed by atoms with van der Waals surface area (Å²) >= 11 is 12.1. The number of hydrogen-bond acceptors (Lipinski definition) is 7. The molecular formula is C29H35Cl2N5O3. The molecule has 4 rings (SSSR count). The van der Waals surface area contributed by atoms with Crippen molar-refractivity contribution in [1.29, 1.82) is 0 Å². The fraction of sp³-hybridized carbons (Fsp3) is 0.414. The smallest absolute Gasteiger partial charge is 0.225 e. The van der Waals surface area contributed by atoms with Gasteiger partial charge in [0.2, 0.25) is 11.8 Å². The number of carbonyl (C=O) groups excluding carboxylic acids is 1. The van der Waals surface area contributed by atoms with Crippen molar-refractivity contribution in [1.82, 2.24) is 14.8 Å². The first-order chi connectivity index (χ1) is 18.7.